The van der Waals surface area contributed by atoms with Gasteiger partial charge >= 0.3 is 6.03 Å². The van der Waals surface area contributed by atoms with E-state index in [9.17, 15) is 4.79 Å². The van der Waals surface area contributed by atoms with Gasteiger partial charge in [0.05, 0.1) is 30.1 Å². The molecule has 31 heavy (non-hydrogen) atoms. The average Bonchev–Trinajstić information content (AvgIpc) is 3.00. The minimum atomic E-state index is -0.268. The lowest BCUT2D eigenvalue weighted by atomic mass is 9.94. The molecule has 1 aromatic heterocycles. The third-order valence-corrected chi connectivity index (χ3v) is 5.67. The number of rotatable bonds is 3. The molecular weight excluding hydrogens is 416 g/mol. The van der Waals surface area contributed by atoms with Crippen LogP contribution >= 0.6 is 11.6 Å². The summed E-state index contributed by atoms with van der Waals surface area (Å²) in [5.41, 5.74) is 6.26. The van der Waals surface area contributed by atoms with Gasteiger partial charge in [-0.05, 0) is 43.5 Å². The molecule has 0 saturated carbocycles. The number of carbonyl (C=O) groups is 1. The lowest BCUT2D eigenvalue weighted by Gasteiger charge is -2.16. The molecule has 1 N–H and O–H groups in total. The Morgan fingerprint density at radius 2 is 1.90 bits per heavy atom. The number of hydrogen-bond acceptors (Lipinski definition) is 5. The SMILES string of the molecule is CNC(=O)N1CCc2cc(OC)c(Cl)cc2C(c2ccc(-c3c(C)noc3C)cc2)=N1. The number of halogens is 1. The van der Waals surface area contributed by atoms with E-state index in [-0.39, 0.29) is 6.03 Å². The van der Waals surface area contributed by atoms with E-state index in [0.29, 0.717) is 29.4 Å². The summed E-state index contributed by atoms with van der Waals surface area (Å²) < 4.78 is 10.7. The second-order valence-electron chi connectivity index (χ2n) is 7.30. The van der Waals surface area contributed by atoms with E-state index in [2.05, 4.69) is 15.6 Å². The number of nitrogens with one attached hydrogen (secondary N) is 1. The summed E-state index contributed by atoms with van der Waals surface area (Å²) in [6.45, 7) is 4.26. The number of aromatic nitrogens is 1. The van der Waals surface area contributed by atoms with Gasteiger partial charge < -0.3 is 14.6 Å². The minimum absolute atomic E-state index is 0.268. The van der Waals surface area contributed by atoms with Crippen LogP contribution in [0.3, 0.4) is 0 Å². The summed E-state index contributed by atoms with van der Waals surface area (Å²) in [6.07, 6.45) is 0.625. The second kappa shape index (κ2) is 8.43. The Morgan fingerprint density at radius 1 is 1.19 bits per heavy atom. The number of amides is 2. The summed E-state index contributed by atoms with van der Waals surface area (Å²) in [4.78, 5) is 12.4. The van der Waals surface area contributed by atoms with Gasteiger partial charge in [0, 0.05) is 23.7 Å². The maximum absolute atomic E-state index is 12.4. The number of benzene rings is 2. The summed E-state index contributed by atoms with van der Waals surface area (Å²) in [7, 11) is 3.18. The molecule has 0 spiro atoms. The number of fused-ring (bicyclic) bond motifs is 1. The van der Waals surface area contributed by atoms with Gasteiger partial charge in [-0.25, -0.2) is 9.80 Å². The van der Waals surface area contributed by atoms with Crippen LogP contribution in [-0.4, -0.2) is 42.6 Å². The van der Waals surface area contributed by atoms with Gasteiger partial charge in [-0.3, -0.25) is 0 Å². The Labute approximate surface area is 185 Å². The Hall–Kier alpha value is -3.32. The smallest absolute Gasteiger partial charge is 0.337 e. The molecule has 0 bridgehead atoms. The molecule has 0 unspecified atom stereocenters. The molecule has 0 fully saturated rings. The summed E-state index contributed by atoms with van der Waals surface area (Å²) >= 11 is 6.43. The van der Waals surface area contributed by atoms with Crippen LogP contribution in [0.15, 0.2) is 46.0 Å². The fourth-order valence-corrected chi connectivity index (χ4v) is 4.05. The van der Waals surface area contributed by atoms with Crippen molar-refractivity contribution in [2.75, 3.05) is 20.7 Å². The van der Waals surface area contributed by atoms with Crippen molar-refractivity contribution in [2.24, 2.45) is 5.10 Å². The van der Waals surface area contributed by atoms with Crippen LogP contribution < -0.4 is 10.1 Å². The van der Waals surface area contributed by atoms with Crippen LogP contribution in [0, 0.1) is 13.8 Å². The van der Waals surface area contributed by atoms with E-state index in [1.54, 1.807) is 14.2 Å². The predicted octanol–water partition coefficient (Wildman–Crippen LogP) is 4.57. The van der Waals surface area contributed by atoms with Crippen molar-refractivity contribution in [3.63, 3.8) is 0 Å². The fourth-order valence-electron chi connectivity index (χ4n) is 3.81. The Kier molecular flexibility index (Phi) is 5.69. The van der Waals surface area contributed by atoms with Crippen LogP contribution in [0.4, 0.5) is 4.79 Å². The molecule has 3 aromatic rings. The first kappa shape index (κ1) is 20.9. The van der Waals surface area contributed by atoms with Crippen molar-refractivity contribution in [1.29, 1.82) is 0 Å². The third-order valence-electron chi connectivity index (χ3n) is 5.38. The number of ether oxygens (including phenoxy) is 1. The first-order valence-electron chi connectivity index (χ1n) is 9.91. The molecule has 8 heteroatoms. The van der Waals surface area contributed by atoms with E-state index in [1.807, 2.05) is 50.2 Å². The van der Waals surface area contributed by atoms with Crippen LogP contribution in [0.2, 0.25) is 5.02 Å². The number of hydrogen-bond donors (Lipinski definition) is 1. The molecule has 2 amide bonds. The lowest BCUT2D eigenvalue weighted by Crippen LogP contribution is -2.35. The molecule has 2 heterocycles. The molecule has 1 aliphatic heterocycles. The highest BCUT2D eigenvalue weighted by molar-refractivity contribution is 6.32. The molecule has 2 aromatic carbocycles. The number of hydrazone groups is 1. The highest BCUT2D eigenvalue weighted by Gasteiger charge is 2.23. The third kappa shape index (κ3) is 3.88. The Morgan fingerprint density at radius 3 is 2.52 bits per heavy atom. The summed E-state index contributed by atoms with van der Waals surface area (Å²) in [6, 6.07) is 11.5. The number of urea groups is 1. The first-order chi connectivity index (χ1) is 14.9. The average molecular weight is 439 g/mol. The maximum Gasteiger partial charge on any atom is 0.337 e. The molecular formula is C23H23ClN4O3. The molecule has 4 rings (SSSR count). The zero-order valence-electron chi connectivity index (χ0n) is 17.8. The Bertz CT molecular complexity index is 1150. The number of aryl methyl sites for hydroxylation is 2. The van der Waals surface area contributed by atoms with Crippen molar-refractivity contribution in [3.05, 3.63) is 69.6 Å². The monoisotopic (exact) mass is 438 g/mol. The fraction of sp³-hybridized carbons (Fsp3) is 0.261. The lowest BCUT2D eigenvalue weighted by molar-refractivity contribution is 0.203. The molecule has 0 atom stereocenters. The zero-order valence-corrected chi connectivity index (χ0v) is 18.6. The summed E-state index contributed by atoms with van der Waals surface area (Å²) in [5, 5.41) is 13.3. The normalized spacial score (nSPS) is 13.3. The van der Waals surface area contributed by atoms with Gasteiger partial charge in [0.2, 0.25) is 0 Å². The van der Waals surface area contributed by atoms with Crippen LogP contribution in [-0.2, 0) is 6.42 Å². The zero-order chi connectivity index (χ0) is 22.1. The number of nitrogens with zero attached hydrogens (tertiary/aromatic N) is 3. The van der Waals surface area contributed by atoms with Gasteiger partial charge in [-0.2, -0.15) is 5.10 Å². The van der Waals surface area contributed by atoms with Gasteiger partial charge in [-0.15, -0.1) is 0 Å². The minimum Gasteiger partial charge on any atom is -0.495 e. The van der Waals surface area contributed by atoms with Crippen LogP contribution in [0.1, 0.15) is 28.1 Å². The molecule has 0 saturated heterocycles. The Balaban J connectivity index is 1.82. The van der Waals surface area contributed by atoms with E-state index in [0.717, 1.165) is 39.3 Å². The predicted molar refractivity (Wildman–Crippen MR) is 120 cm³/mol. The number of methoxy groups -OCH3 is 1. The highest BCUT2D eigenvalue weighted by Crippen LogP contribution is 2.33. The van der Waals surface area contributed by atoms with Crippen molar-refractivity contribution in [3.8, 4) is 16.9 Å². The van der Waals surface area contributed by atoms with E-state index in [1.165, 1.54) is 5.01 Å². The van der Waals surface area contributed by atoms with E-state index >= 15 is 0 Å². The van der Waals surface area contributed by atoms with Crippen LogP contribution in [0.25, 0.3) is 11.1 Å². The van der Waals surface area contributed by atoms with Crippen molar-refractivity contribution < 1.29 is 14.1 Å². The topological polar surface area (TPSA) is 80.0 Å². The van der Waals surface area contributed by atoms with Crippen molar-refractivity contribution in [2.45, 2.75) is 20.3 Å². The summed E-state index contributed by atoms with van der Waals surface area (Å²) in [5.74, 6) is 1.37. The maximum atomic E-state index is 12.4. The second-order valence-corrected chi connectivity index (χ2v) is 7.70. The van der Waals surface area contributed by atoms with E-state index in [4.69, 9.17) is 20.9 Å². The molecule has 0 radical (unpaired) electrons. The molecule has 1 aliphatic rings. The van der Waals surface area contributed by atoms with Crippen molar-refractivity contribution in [1.82, 2.24) is 15.5 Å². The number of carbonyl (C=O) groups excluding carboxylic acids is 1. The van der Waals surface area contributed by atoms with Crippen LogP contribution in [0.5, 0.6) is 5.75 Å². The van der Waals surface area contributed by atoms with Crippen molar-refractivity contribution >= 4 is 23.3 Å². The van der Waals surface area contributed by atoms with Gasteiger partial charge in [-0.1, -0.05) is 41.0 Å². The quantitative estimate of drug-likeness (QED) is 0.649. The van der Waals surface area contributed by atoms with Gasteiger partial charge in [0.25, 0.3) is 0 Å². The largest absolute Gasteiger partial charge is 0.495 e. The van der Waals surface area contributed by atoms with E-state index < -0.39 is 0 Å². The first-order valence-corrected chi connectivity index (χ1v) is 10.3. The molecule has 0 aliphatic carbocycles. The molecule has 160 valence electrons. The standard InChI is InChI=1S/C23H23ClN4O3/c1-13-21(14(2)31-27-13)15-5-7-16(8-6-15)22-18-12-19(24)20(30-4)11-17(18)9-10-28(26-22)23(29)25-3/h5-8,11-12H,9-10H2,1-4H3,(H,25,29). The van der Waals surface area contributed by atoms with Gasteiger partial charge in [0.1, 0.15) is 11.5 Å². The molecule has 7 nitrogen and oxygen atoms in total. The highest BCUT2D eigenvalue weighted by atomic mass is 35.5. The van der Waals surface area contributed by atoms with Gasteiger partial charge in [0.15, 0.2) is 0 Å².